The molecule has 1 aromatic rings. The number of hydrogen-bond acceptors (Lipinski definition) is 7. The van der Waals surface area contributed by atoms with Crippen LogP contribution in [0.25, 0.3) is 0 Å². The molecule has 0 spiro atoms. The minimum Gasteiger partial charge on any atom is -0.379 e. The lowest BCUT2D eigenvalue weighted by Crippen LogP contribution is -2.37. The van der Waals surface area contributed by atoms with E-state index in [-0.39, 0.29) is 5.92 Å². The van der Waals surface area contributed by atoms with E-state index in [2.05, 4.69) is 15.1 Å². The predicted octanol–water partition coefficient (Wildman–Crippen LogP) is 0.217. The molecule has 0 bridgehead atoms. The molecule has 2 saturated heterocycles. The third kappa shape index (κ3) is 4.68. The number of hydrogen-bond donors (Lipinski definition) is 0. The van der Waals surface area contributed by atoms with E-state index < -0.39 is 9.84 Å². The van der Waals surface area contributed by atoms with Gasteiger partial charge in [0.25, 0.3) is 0 Å². The van der Waals surface area contributed by atoms with Crippen LogP contribution in [0.2, 0.25) is 0 Å². The van der Waals surface area contributed by atoms with Crippen molar-refractivity contribution >= 4 is 21.6 Å². The van der Waals surface area contributed by atoms with E-state index in [4.69, 9.17) is 4.74 Å². The van der Waals surface area contributed by atoms with Gasteiger partial charge >= 0.3 is 0 Å². The molecule has 9 heteroatoms. The Kier molecular flexibility index (Phi) is 5.61. The van der Waals surface area contributed by atoms with Gasteiger partial charge in [-0.2, -0.15) is 0 Å². The fourth-order valence-corrected chi connectivity index (χ4v) is 5.82. The summed E-state index contributed by atoms with van der Waals surface area (Å²) in [6, 6.07) is 0. The fraction of sp³-hybridized carbons (Fsp3) is 0.857. The molecular weight excluding hydrogens is 336 g/mol. The molecule has 2 aliphatic rings. The Labute approximate surface area is 141 Å². The standard InChI is InChI=1S/C14H24N4O3S2/c1-17-13(10-12-2-9-23(19,20)11-12)15-16-14(17)22-8-5-18-3-6-21-7-4-18/h12H,2-11H2,1H3/t12-/m1/s1. The Morgan fingerprint density at radius 2 is 2.09 bits per heavy atom. The van der Waals surface area contributed by atoms with E-state index in [1.807, 2.05) is 11.6 Å². The molecule has 0 radical (unpaired) electrons. The zero-order valence-electron chi connectivity index (χ0n) is 13.5. The summed E-state index contributed by atoms with van der Waals surface area (Å²) in [5, 5.41) is 9.43. The number of ether oxygens (including phenoxy) is 1. The van der Waals surface area contributed by atoms with Crippen molar-refractivity contribution in [3.8, 4) is 0 Å². The molecule has 2 aliphatic heterocycles. The molecule has 23 heavy (non-hydrogen) atoms. The van der Waals surface area contributed by atoms with E-state index in [0.29, 0.717) is 17.9 Å². The molecule has 0 unspecified atom stereocenters. The molecule has 0 N–H and O–H groups in total. The number of thioether (sulfide) groups is 1. The molecule has 0 aliphatic carbocycles. The van der Waals surface area contributed by atoms with E-state index in [1.54, 1.807) is 11.8 Å². The Hall–Kier alpha value is -0.640. The van der Waals surface area contributed by atoms with Gasteiger partial charge in [-0.05, 0) is 12.3 Å². The van der Waals surface area contributed by atoms with Gasteiger partial charge in [0.05, 0.1) is 24.7 Å². The highest BCUT2D eigenvalue weighted by Crippen LogP contribution is 2.23. The zero-order valence-corrected chi connectivity index (χ0v) is 15.1. The molecule has 1 atom stereocenters. The van der Waals surface area contributed by atoms with Crippen LogP contribution in [0.4, 0.5) is 0 Å². The van der Waals surface area contributed by atoms with Crippen molar-refractivity contribution in [1.82, 2.24) is 19.7 Å². The molecule has 3 rings (SSSR count). The smallest absolute Gasteiger partial charge is 0.190 e. The summed E-state index contributed by atoms with van der Waals surface area (Å²) in [6.07, 6.45) is 1.45. The van der Waals surface area contributed by atoms with Crippen molar-refractivity contribution in [2.45, 2.75) is 18.0 Å². The number of aromatic nitrogens is 3. The van der Waals surface area contributed by atoms with E-state index in [0.717, 1.165) is 56.0 Å². The maximum atomic E-state index is 11.6. The van der Waals surface area contributed by atoms with Gasteiger partial charge in [0, 0.05) is 38.9 Å². The van der Waals surface area contributed by atoms with Crippen molar-refractivity contribution in [2.75, 3.05) is 50.1 Å². The first kappa shape index (κ1) is 17.2. The average molecular weight is 361 g/mol. The SMILES string of the molecule is Cn1c(C[C@H]2CCS(=O)(=O)C2)nnc1SCCN1CCOCC1. The lowest BCUT2D eigenvalue weighted by atomic mass is 10.1. The van der Waals surface area contributed by atoms with Crippen LogP contribution >= 0.6 is 11.8 Å². The zero-order chi connectivity index (χ0) is 16.3. The van der Waals surface area contributed by atoms with Crippen molar-refractivity contribution in [3.05, 3.63) is 5.82 Å². The average Bonchev–Trinajstić information content (AvgIpc) is 3.05. The van der Waals surface area contributed by atoms with Crippen molar-refractivity contribution in [1.29, 1.82) is 0 Å². The van der Waals surface area contributed by atoms with Crippen LogP contribution in [0.1, 0.15) is 12.2 Å². The number of rotatable bonds is 6. The van der Waals surface area contributed by atoms with E-state index in [1.165, 1.54) is 0 Å². The molecule has 7 nitrogen and oxygen atoms in total. The third-order valence-electron chi connectivity index (χ3n) is 4.47. The molecule has 0 amide bonds. The third-order valence-corrected chi connectivity index (χ3v) is 7.30. The van der Waals surface area contributed by atoms with Crippen LogP contribution in [-0.2, 0) is 28.0 Å². The van der Waals surface area contributed by atoms with Crippen LogP contribution in [0, 0.1) is 5.92 Å². The molecule has 130 valence electrons. The van der Waals surface area contributed by atoms with Crippen LogP contribution in [0.3, 0.4) is 0 Å². The second-order valence-corrected chi connectivity index (χ2v) is 9.52. The minimum absolute atomic E-state index is 0.189. The Morgan fingerprint density at radius 3 is 2.78 bits per heavy atom. The molecule has 3 heterocycles. The van der Waals surface area contributed by atoms with Gasteiger partial charge in [-0.3, -0.25) is 4.90 Å². The van der Waals surface area contributed by atoms with Crippen molar-refractivity contribution in [3.63, 3.8) is 0 Å². The van der Waals surface area contributed by atoms with Gasteiger partial charge in [-0.15, -0.1) is 10.2 Å². The summed E-state index contributed by atoms with van der Waals surface area (Å²) in [5.41, 5.74) is 0. The first-order chi connectivity index (χ1) is 11.0. The molecule has 0 aromatic carbocycles. The van der Waals surface area contributed by atoms with Gasteiger partial charge in [0.1, 0.15) is 5.82 Å². The molecule has 1 aromatic heterocycles. The predicted molar refractivity (Wildman–Crippen MR) is 89.5 cm³/mol. The highest BCUT2D eigenvalue weighted by Gasteiger charge is 2.29. The quantitative estimate of drug-likeness (QED) is 0.672. The fourth-order valence-electron chi connectivity index (χ4n) is 3.03. The normalized spacial score (nSPS) is 25.0. The maximum absolute atomic E-state index is 11.6. The summed E-state index contributed by atoms with van der Waals surface area (Å²) in [4.78, 5) is 2.40. The number of sulfone groups is 1. The largest absolute Gasteiger partial charge is 0.379 e. The first-order valence-corrected chi connectivity index (χ1v) is 10.9. The monoisotopic (exact) mass is 360 g/mol. The minimum atomic E-state index is -2.83. The van der Waals surface area contributed by atoms with Crippen LogP contribution in [-0.4, -0.2) is 78.2 Å². The van der Waals surface area contributed by atoms with Crippen LogP contribution < -0.4 is 0 Å². The molecule has 0 saturated carbocycles. The van der Waals surface area contributed by atoms with Crippen molar-refractivity contribution < 1.29 is 13.2 Å². The number of nitrogens with zero attached hydrogens (tertiary/aromatic N) is 4. The Morgan fingerprint density at radius 1 is 1.30 bits per heavy atom. The lowest BCUT2D eigenvalue weighted by Gasteiger charge is -2.26. The van der Waals surface area contributed by atoms with Gasteiger partial charge in [0.15, 0.2) is 15.0 Å². The maximum Gasteiger partial charge on any atom is 0.190 e. The van der Waals surface area contributed by atoms with Gasteiger partial charge < -0.3 is 9.30 Å². The Bertz CT molecular complexity index is 626. The lowest BCUT2D eigenvalue weighted by molar-refractivity contribution is 0.0410. The van der Waals surface area contributed by atoms with Crippen molar-refractivity contribution in [2.24, 2.45) is 13.0 Å². The topological polar surface area (TPSA) is 77.3 Å². The van der Waals surface area contributed by atoms with Gasteiger partial charge in [-0.1, -0.05) is 11.8 Å². The second-order valence-electron chi connectivity index (χ2n) is 6.23. The van der Waals surface area contributed by atoms with E-state index in [9.17, 15) is 8.42 Å². The van der Waals surface area contributed by atoms with Gasteiger partial charge in [0.2, 0.25) is 0 Å². The summed E-state index contributed by atoms with van der Waals surface area (Å²) >= 11 is 1.71. The first-order valence-electron chi connectivity index (χ1n) is 8.05. The van der Waals surface area contributed by atoms with Crippen LogP contribution in [0.15, 0.2) is 5.16 Å². The second kappa shape index (κ2) is 7.50. The highest BCUT2D eigenvalue weighted by molar-refractivity contribution is 7.99. The molecule has 2 fully saturated rings. The Balaban J connectivity index is 1.48. The van der Waals surface area contributed by atoms with E-state index >= 15 is 0 Å². The van der Waals surface area contributed by atoms with Gasteiger partial charge in [-0.25, -0.2) is 8.42 Å². The summed E-state index contributed by atoms with van der Waals surface area (Å²) < 4.78 is 30.5. The summed E-state index contributed by atoms with van der Waals surface area (Å²) in [7, 11) is -0.859. The molecular formula is C14H24N4O3S2. The summed E-state index contributed by atoms with van der Waals surface area (Å²) in [6.45, 7) is 4.67. The highest BCUT2D eigenvalue weighted by atomic mass is 32.2. The van der Waals surface area contributed by atoms with Crippen LogP contribution in [0.5, 0.6) is 0 Å². The number of morpholine rings is 1. The summed E-state index contributed by atoms with van der Waals surface area (Å²) in [5.74, 6) is 2.66.